The van der Waals surface area contributed by atoms with Gasteiger partial charge >= 0.3 is 0 Å². The molecule has 3 aromatic heterocycles. The van der Waals surface area contributed by atoms with Gasteiger partial charge in [-0.2, -0.15) is 0 Å². The van der Waals surface area contributed by atoms with Gasteiger partial charge in [0.15, 0.2) is 0 Å². The molecular weight excluding hydrogens is 326 g/mol. The second kappa shape index (κ2) is 7.20. The van der Waals surface area contributed by atoms with Crippen LogP contribution in [0.15, 0.2) is 47.0 Å². The van der Waals surface area contributed by atoms with E-state index >= 15 is 0 Å². The molecule has 0 aliphatic carbocycles. The number of carbonyl (C=O) groups is 1. The van der Waals surface area contributed by atoms with Crippen LogP contribution in [0.3, 0.4) is 0 Å². The van der Waals surface area contributed by atoms with E-state index in [0.717, 1.165) is 28.7 Å². The molecule has 3 rings (SSSR count). The van der Waals surface area contributed by atoms with E-state index in [9.17, 15) is 4.79 Å². The van der Waals surface area contributed by atoms with Gasteiger partial charge in [0.2, 0.25) is 0 Å². The number of amides is 1. The summed E-state index contributed by atoms with van der Waals surface area (Å²) >= 11 is 0. The monoisotopic (exact) mass is 351 g/mol. The van der Waals surface area contributed by atoms with E-state index < -0.39 is 0 Å². The van der Waals surface area contributed by atoms with E-state index in [0.29, 0.717) is 12.1 Å². The molecule has 0 spiro atoms. The average Bonchev–Trinajstić information content (AvgIpc) is 3.15. The van der Waals surface area contributed by atoms with Crippen molar-refractivity contribution in [3.63, 3.8) is 0 Å². The lowest BCUT2D eigenvalue weighted by Crippen LogP contribution is -2.36. The summed E-state index contributed by atoms with van der Waals surface area (Å²) in [7, 11) is 0. The van der Waals surface area contributed by atoms with Gasteiger partial charge < -0.3 is 13.9 Å². The van der Waals surface area contributed by atoms with Crippen molar-refractivity contribution >= 4 is 5.91 Å². The quantitative estimate of drug-likeness (QED) is 0.683. The smallest absolute Gasteiger partial charge is 0.256 e. The Morgan fingerprint density at radius 3 is 2.54 bits per heavy atom. The van der Waals surface area contributed by atoms with Crippen LogP contribution in [0.1, 0.15) is 47.1 Å². The lowest BCUT2D eigenvalue weighted by molar-refractivity contribution is 0.0674. The second-order valence-electron chi connectivity index (χ2n) is 6.85. The summed E-state index contributed by atoms with van der Waals surface area (Å²) in [5, 5.41) is 0. The van der Waals surface area contributed by atoms with Gasteiger partial charge in [-0.15, -0.1) is 0 Å². The summed E-state index contributed by atoms with van der Waals surface area (Å²) in [4.78, 5) is 19.5. The first-order valence-corrected chi connectivity index (χ1v) is 8.85. The third-order valence-corrected chi connectivity index (χ3v) is 4.55. The van der Waals surface area contributed by atoms with E-state index in [1.165, 1.54) is 0 Å². The van der Waals surface area contributed by atoms with Crippen molar-refractivity contribution in [2.24, 2.45) is 0 Å². The van der Waals surface area contributed by atoms with E-state index in [1.807, 2.05) is 80.5 Å². The molecule has 1 amide bonds. The molecule has 3 heterocycles. The molecule has 0 bridgehead atoms. The van der Waals surface area contributed by atoms with Gasteiger partial charge in [0.1, 0.15) is 17.3 Å². The highest BCUT2D eigenvalue weighted by atomic mass is 16.3. The van der Waals surface area contributed by atoms with Crippen LogP contribution in [0.2, 0.25) is 0 Å². The predicted molar refractivity (Wildman–Crippen MR) is 101 cm³/mol. The molecule has 0 aliphatic rings. The first kappa shape index (κ1) is 18.0. The molecule has 0 radical (unpaired) electrons. The number of hydrogen-bond acceptors (Lipinski definition) is 3. The summed E-state index contributed by atoms with van der Waals surface area (Å²) in [6.45, 7) is 10.4. The first-order valence-electron chi connectivity index (χ1n) is 8.85. The zero-order valence-electron chi connectivity index (χ0n) is 16.0. The normalized spacial score (nSPS) is 11.2. The van der Waals surface area contributed by atoms with Crippen LogP contribution in [0.5, 0.6) is 0 Å². The number of pyridine rings is 1. The molecule has 0 saturated heterocycles. The van der Waals surface area contributed by atoms with Crippen LogP contribution < -0.4 is 0 Å². The Kier molecular flexibility index (Phi) is 4.98. The molecule has 0 aliphatic heterocycles. The zero-order chi connectivity index (χ0) is 18.8. The van der Waals surface area contributed by atoms with Gasteiger partial charge in [0.25, 0.3) is 5.91 Å². The average molecular weight is 351 g/mol. The topological polar surface area (TPSA) is 51.3 Å². The van der Waals surface area contributed by atoms with Crippen molar-refractivity contribution in [2.75, 3.05) is 0 Å². The Morgan fingerprint density at radius 2 is 1.96 bits per heavy atom. The second-order valence-corrected chi connectivity index (χ2v) is 6.85. The van der Waals surface area contributed by atoms with Crippen LogP contribution in [0, 0.1) is 20.8 Å². The van der Waals surface area contributed by atoms with E-state index in [2.05, 4.69) is 4.98 Å². The van der Waals surface area contributed by atoms with Crippen molar-refractivity contribution in [3.05, 3.63) is 71.1 Å². The lowest BCUT2D eigenvalue weighted by Gasteiger charge is -2.26. The van der Waals surface area contributed by atoms with Crippen LogP contribution in [0.25, 0.3) is 5.82 Å². The van der Waals surface area contributed by atoms with Gasteiger partial charge in [-0.3, -0.25) is 4.79 Å². The fourth-order valence-corrected chi connectivity index (χ4v) is 3.20. The van der Waals surface area contributed by atoms with Crippen LogP contribution in [0.4, 0.5) is 0 Å². The Balaban J connectivity index is 1.95. The SMILES string of the molecule is Cc1ccc(CN(C(=O)c2cc(C)n(-c3ccccn3)c2C)C(C)C)o1. The fourth-order valence-electron chi connectivity index (χ4n) is 3.20. The van der Waals surface area contributed by atoms with Crippen LogP contribution >= 0.6 is 0 Å². The van der Waals surface area contributed by atoms with E-state index in [1.54, 1.807) is 6.20 Å². The zero-order valence-corrected chi connectivity index (χ0v) is 16.0. The maximum absolute atomic E-state index is 13.3. The number of furan rings is 1. The molecule has 0 atom stereocenters. The summed E-state index contributed by atoms with van der Waals surface area (Å²) in [6, 6.07) is 11.6. The van der Waals surface area contributed by atoms with Gasteiger partial charge in [0, 0.05) is 23.6 Å². The maximum atomic E-state index is 13.3. The Bertz CT molecular complexity index is 907. The highest BCUT2D eigenvalue weighted by Crippen LogP contribution is 2.23. The minimum atomic E-state index is 0.00401. The highest BCUT2D eigenvalue weighted by molar-refractivity contribution is 5.96. The summed E-state index contributed by atoms with van der Waals surface area (Å²) in [6.07, 6.45) is 1.76. The number of aryl methyl sites for hydroxylation is 2. The van der Waals surface area contributed by atoms with Crippen molar-refractivity contribution in [2.45, 2.75) is 47.2 Å². The number of hydrogen-bond donors (Lipinski definition) is 0. The van der Waals surface area contributed by atoms with Gasteiger partial charge in [-0.05, 0) is 65.0 Å². The number of nitrogens with zero attached hydrogens (tertiary/aromatic N) is 3. The third-order valence-electron chi connectivity index (χ3n) is 4.55. The number of aromatic nitrogens is 2. The third kappa shape index (κ3) is 3.43. The number of rotatable bonds is 5. The highest BCUT2D eigenvalue weighted by Gasteiger charge is 2.25. The Hall–Kier alpha value is -2.82. The molecule has 3 aromatic rings. The summed E-state index contributed by atoms with van der Waals surface area (Å²) < 4.78 is 7.69. The molecule has 26 heavy (non-hydrogen) atoms. The standard InChI is InChI=1S/C21H25N3O2/c1-14(2)23(13-18-10-9-16(4)26-18)21(25)19-12-15(3)24(17(19)5)20-8-6-7-11-22-20/h6-12,14H,13H2,1-5H3. The summed E-state index contributed by atoms with van der Waals surface area (Å²) in [5.41, 5.74) is 2.58. The van der Waals surface area contributed by atoms with Gasteiger partial charge in [-0.1, -0.05) is 6.07 Å². The molecule has 0 aromatic carbocycles. The van der Waals surface area contributed by atoms with Crippen LogP contribution in [-0.4, -0.2) is 26.4 Å². The van der Waals surface area contributed by atoms with E-state index in [4.69, 9.17) is 4.42 Å². The molecule has 5 nitrogen and oxygen atoms in total. The molecule has 0 fully saturated rings. The predicted octanol–water partition coefficient (Wildman–Crippen LogP) is 4.44. The molecule has 0 N–H and O–H groups in total. The Morgan fingerprint density at radius 1 is 1.19 bits per heavy atom. The van der Waals surface area contributed by atoms with Gasteiger partial charge in [-0.25, -0.2) is 4.98 Å². The van der Waals surface area contributed by atoms with Crippen molar-refractivity contribution in [1.82, 2.24) is 14.5 Å². The molecule has 0 unspecified atom stereocenters. The summed E-state index contributed by atoms with van der Waals surface area (Å²) in [5.74, 6) is 2.47. The van der Waals surface area contributed by atoms with Crippen molar-refractivity contribution in [1.29, 1.82) is 0 Å². The van der Waals surface area contributed by atoms with Crippen molar-refractivity contribution < 1.29 is 9.21 Å². The fraction of sp³-hybridized carbons (Fsp3) is 0.333. The van der Waals surface area contributed by atoms with Crippen molar-refractivity contribution in [3.8, 4) is 5.82 Å². The minimum Gasteiger partial charge on any atom is -0.464 e. The van der Waals surface area contributed by atoms with Gasteiger partial charge in [0.05, 0.1) is 12.1 Å². The molecular formula is C21H25N3O2. The lowest BCUT2D eigenvalue weighted by atomic mass is 10.1. The molecule has 136 valence electrons. The molecule has 5 heteroatoms. The maximum Gasteiger partial charge on any atom is 0.256 e. The Labute approximate surface area is 154 Å². The largest absolute Gasteiger partial charge is 0.464 e. The minimum absolute atomic E-state index is 0.00401. The molecule has 0 saturated carbocycles. The van der Waals surface area contributed by atoms with E-state index in [-0.39, 0.29) is 11.9 Å². The number of carbonyl (C=O) groups excluding carboxylic acids is 1. The first-order chi connectivity index (χ1) is 12.4. The van der Waals surface area contributed by atoms with Crippen LogP contribution in [-0.2, 0) is 6.54 Å².